The van der Waals surface area contributed by atoms with Gasteiger partial charge in [-0.3, -0.25) is 0 Å². The van der Waals surface area contributed by atoms with Gasteiger partial charge in [0.2, 0.25) is 0 Å². The zero-order chi connectivity index (χ0) is 15.0. The highest BCUT2D eigenvalue weighted by molar-refractivity contribution is 5.48. The first-order valence-electron chi connectivity index (χ1n) is 7.26. The summed E-state index contributed by atoms with van der Waals surface area (Å²) >= 11 is 0. The van der Waals surface area contributed by atoms with Gasteiger partial charge in [0, 0.05) is 26.3 Å². The SMILES string of the molecule is CCC(CC)CN(CC)c1cc(NN)nc(COC)n1. The number of nitrogens with two attached hydrogens (primary N) is 1. The molecule has 20 heavy (non-hydrogen) atoms. The van der Waals surface area contributed by atoms with E-state index in [9.17, 15) is 0 Å². The van der Waals surface area contributed by atoms with Gasteiger partial charge in [-0.25, -0.2) is 15.8 Å². The lowest BCUT2D eigenvalue weighted by Gasteiger charge is -2.27. The molecule has 0 aliphatic carbocycles. The van der Waals surface area contributed by atoms with E-state index in [2.05, 4.69) is 41.1 Å². The summed E-state index contributed by atoms with van der Waals surface area (Å²) in [7, 11) is 1.63. The van der Waals surface area contributed by atoms with Crippen molar-refractivity contribution >= 4 is 11.6 Å². The Morgan fingerprint density at radius 3 is 2.50 bits per heavy atom. The minimum atomic E-state index is 0.380. The molecule has 0 amide bonds. The fourth-order valence-corrected chi connectivity index (χ4v) is 2.16. The number of nitrogens with one attached hydrogen (secondary N) is 1. The van der Waals surface area contributed by atoms with Gasteiger partial charge < -0.3 is 15.1 Å². The zero-order valence-electron chi connectivity index (χ0n) is 13.0. The standard InChI is InChI=1S/C14H27N5O/c1-5-11(6-2)9-19(7-3)14-8-12(18-15)16-13(17-14)10-20-4/h8,11H,5-7,9-10,15H2,1-4H3,(H,16,17,18). The lowest BCUT2D eigenvalue weighted by Crippen LogP contribution is -2.30. The molecule has 0 unspecified atom stereocenters. The van der Waals surface area contributed by atoms with Crippen LogP contribution in [0, 0.1) is 5.92 Å². The molecular weight excluding hydrogens is 254 g/mol. The van der Waals surface area contributed by atoms with Crippen LogP contribution in [0.15, 0.2) is 6.07 Å². The molecule has 114 valence electrons. The number of nitrogen functional groups attached to an aromatic ring is 1. The molecule has 3 N–H and O–H groups in total. The van der Waals surface area contributed by atoms with E-state index in [-0.39, 0.29) is 0 Å². The van der Waals surface area contributed by atoms with Crippen LogP contribution in [0.5, 0.6) is 0 Å². The van der Waals surface area contributed by atoms with Crippen LogP contribution in [-0.4, -0.2) is 30.2 Å². The maximum Gasteiger partial charge on any atom is 0.158 e. The van der Waals surface area contributed by atoms with Gasteiger partial charge in [0.25, 0.3) is 0 Å². The number of hydrogen-bond donors (Lipinski definition) is 2. The van der Waals surface area contributed by atoms with Gasteiger partial charge in [0.15, 0.2) is 5.82 Å². The zero-order valence-corrected chi connectivity index (χ0v) is 13.0. The summed E-state index contributed by atoms with van der Waals surface area (Å²) in [5.74, 6) is 8.30. The average Bonchev–Trinajstić information content (AvgIpc) is 2.48. The number of ether oxygens (including phenoxy) is 1. The van der Waals surface area contributed by atoms with Crippen LogP contribution in [0.4, 0.5) is 11.6 Å². The van der Waals surface area contributed by atoms with Crippen LogP contribution in [-0.2, 0) is 11.3 Å². The van der Waals surface area contributed by atoms with E-state index in [0.29, 0.717) is 24.2 Å². The third-order valence-electron chi connectivity index (χ3n) is 3.52. The smallest absolute Gasteiger partial charge is 0.158 e. The first-order chi connectivity index (χ1) is 9.68. The summed E-state index contributed by atoms with van der Waals surface area (Å²) in [5, 5.41) is 0. The van der Waals surface area contributed by atoms with Crippen molar-refractivity contribution in [2.45, 2.75) is 40.2 Å². The molecule has 1 rings (SSSR count). The molecular formula is C14H27N5O. The minimum Gasteiger partial charge on any atom is -0.377 e. The summed E-state index contributed by atoms with van der Waals surface area (Å²) in [6.45, 7) is 8.87. The van der Waals surface area contributed by atoms with E-state index in [0.717, 1.165) is 18.9 Å². The molecule has 0 aromatic carbocycles. The molecule has 0 bridgehead atoms. The van der Waals surface area contributed by atoms with Crippen molar-refractivity contribution < 1.29 is 4.74 Å². The summed E-state index contributed by atoms with van der Waals surface area (Å²) in [6.07, 6.45) is 2.34. The highest BCUT2D eigenvalue weighted by Crippen LogP contribution is 2.19. The van der Waals surface area contributed by atoms with Crippen molar-refractivity contribution in [1.29, 1.82) is 0 Å². The predicted octanol–water partition coefficient (Wildman–Crippen LogP) is 2.17. The van der Waals surface area contributed by atoms with Gasteiger partial charge in [-0.2, -0.15) is 0 Å². The Morgan fingerprint density at radius 1 is 1.30 bits per heavy atom. The number of rotatable bonds is 9. The second-order valence-corrected chi connectivity index (χ2v) is 4.83. The van der Waals surface area contributed by atoms with Crippen LogP contribution in [0.25, 0.3) is 0 Å². The summed E-state index contributed by atoms with van der Waals surface area (Å²) in [4.78, 5) is 11.1. The fraction of sp³-hybridized carbons (Fsp3) is 0.714. The molecule has 1 aromatic heterocycles. The highest BCUT2D eigenvalue weighted by atomic mass is 16.5. The Bertz CT molecular complexity index is 395. The molecule has 0 aliphatic rings. The maximum atomic E-state index is 5.48. The average molecular weight is 281 g/mol. The number of methoxy groups -OCH3 is 1. The third-order valence-corrected chi connectivity index (χ3v) is 3.52. The summed E-state index contributed by atoms with van der Waals surface area (Å²) in [6, 6.07) is 1.88. The van der Waals surface area contributed by atoms with Gasteiger partial charge in [-0.15, -0.1) is 0 Å². The number of nitrogens with zero attached hydrogens (tertiary/aromatic N) is 3. The summed E-state index contributed by atoms with van der Waals surface area (Å²) in [5.41, 5.74) is 2.59. The lowest BCUT2D eigenvalue weighted by molar-refractivity contribution is 0.178. The minimum absolute atomic E-state index is 0.380. The predicted molar refractivity (Wildman–Crippen MR) is 82.5 cm³/mol. The first-order valence-corrected chi connectivity index (χ1v) is 7.26. The van der Waals surface area contributed by atoms with Crippen molar-refractivity contribution in [2.24, 2.45) is 11.8 Å². The molecule has 0 saturated carbocycles. The second kappa shape index (κ2) is 8.71. The molecule has 0 atom stereocenters. The molecule has 0 aliphatic heterocycles. The molecule has 6 nitrogen and oxygen atoms in total. The Balaban J connectivity index is 2.97. The van der Waals surface area contributed by atoms with Crippen LogP contribution < -0.4 is 16.2 Å². The number of hydrogen-bond acceptors (Lipinski definition) is 6. The van der Waals surface area contributed by atoms with Gasteiger partial charge in [0.1, 0.15) is 18.2 Å². The van der Waals surface area contributed by atoms with Gasteiger partial charge >= 0.3 is 0 Å². The van der Waals surface area contributed by atoms with E-state index < -0.39 is 0 Å². The van der Waals surface area contributed by atoms with Crippen LogP contribution in [0.3, 0.4) is 0 Å². The maximum absolute atomic E-state index is 5.48. The monoisotopic (exact) mass is 281 g/mol. The Kier molecular flexibility index (Phi) is 7.25. The third kappa shape index (κ3) is 4.61. The molecule has 6 heteroatoms. The van der Waals surface area contributed by atoms with E-state index in [4.69, 9.17) is 10.6 Å². The first kappa shape index (κ1) is 16.7. The van der Waals surface area contributed by atoms with Crippen molar-refractivity contribution in [2.75, 3.05) is 30.5 Å². The highest BCUT2D eigenvalue weighted by Gasteiger charge is 2.14. The second-order valence-electron chi connectivity index (χ2n) is 4.83. The van der Waals surface area contributed by atoms with E-state index in [1.807, 2.05) is 6.07 Å². The molecule has 1 heterocycles. The van der Waals surface area contributed by atoms with Gasteiger partial charge in [-0.1, -0.05) is 26.7 Å². The van der Waals surface area contributed by atoms with Crippen molar-refractivity contribution in [3.63, 3.8) is 0 Å². The van der Waals surface area contributed by atoms with Gasteiger partial charge in [0.05, 0.1) is 0 Å². The van der Waals surface area contributed by atoms with E-state index >= 15 is 0 Å². The lowest BCUT2D eigenvalue weighted by atomic mass is 10.0. The fourth-order valence-electron chi connectivity index (χ4n) is 2.16. The number of aromatic nitrogens is 2. The van der Waals surface area contributed by atoms with E-state index in [1.54, 1.807) is 7.11 Å². The van der Waals surface area contributed by atoms with Crippen molar-refractivity contribution in [1.82, 2.24) is 9.97 Å². The molecule has 0 fully saturated rings. The van der Waals surface area contributed by atoms with Crippen molar-refractivity contribution in [3.8, 4) is 0 Å². The van der Waals surface area contributed by atoms with Crippen LogP contribution in [0.1, 0.15) is 39.4 Å². The Hall–Kier alpha value is -1.40. The Labute approximate surface area is 121 Å². The van der Waals surface area contributed by atoms with Crippen molar-refractivity contribution in [3.05, 3.63) is 11.9 Å². The van der Waals surface area contributed by atoms with Gasteiger partial charge in [-0.05, 0) is 12.8 Å². The molecule has 0 saturated heterocycles. The summed E-state index contributed by atoms with van der Waals surface area (Å²) < 4.78 is 5.11. The normalized spacial score (nSPS) is 10.9. The number of hydrazine groups is 1. The van der Waals surface area contributed by atoms with Crippen LogP contribution in [0.2, 0.25) is 0 Å². The molecule has 0 spiro atoms. The quantitative estimate of drug-likeness (QED) is 0.533. The Morgan fingerprint density at radius 2 is 2.00 bits per heavy atom. The number of anilines is 2. The molecule has 0 radical (unpaired) electrons. The van der Waals surface area contributed by atoms with Crippen LogP contribution >= 0.6 is 0 Å². The molecule has 1 aromatic rings. The topological polar surface area (TPSA) is 76.3 Å². The van der Waals surface area contributed by atoms with E-state index in [1.165, 1.54) is 12.8 Å². The largest absolute Gasteiger partial charge is 0.377 e.